The van der Waals surface area contributed by atoms with E-state index in [4.69, 9.17) is 20.8 Å². The summed E-state index contributed by atoms with van der Waals surface area (Å²) in [5, 5.41) is 8.92. The van der Waals surface area contributed by atoms with Crippen molar-refractivity contribution in [2.24, 2.45) is 0 Å². The van der Waals surface area contributed by atoms with Crippen molar-refractivity contribution in [1.29, 1.82) is 0 Å². The molecule has 2 atom stereocenters. The molecule has 0 bridgehead atoms. The van der Waals surface area contributed by atoms with Gasteiger partial charge < -0.3 is 9.15 Å². The quantitative estimate of drug-likeness (QED) is 0.872. The summed E-state index contributed by atoms with van der Waals surface area (Å²) in [6.07, 6.45) is 0.458. The van der Waals surface area contributed by atoms with Crippen LogP contribution in [0.15, 0.2) is 28.7 Å². The SMILES string of the molecule is CC1CN(Cc2nnc(-c3ccc(Cl)cc3)o2)CC(C)O1. The maximum Gasteiger partial charge on any atom is 0.247 e. The second kappa shape index (κ2) is 6.13. The van der Waals surface area contributed by atoms with Crippen molar-refractivity contribution in [3.63, 3.8) is 0 Å². The molecule has 3 rings (SSSR count). The van der Waals surface area contributed by atoms with Crippen LogP contribution < -0.4 is 0 Å². The second-order valence-electron chi connectivity index (χ2n) is 5.46. The largest absolute Gasteiger partial charge is 0.419 e. The lowest BCUT2D eigenvalue weighted by molar-refractivity contribution is -0.0721. The number of hydrogen-bond acceptors (Lipinski definition) is 5. The highest BCUT2D eigenvalue weighted by molar-refractivity contribution is 6.30. The van der Waals surface area contributed by atoms with Crippen molar-refractivity contribution >= 4 is 11.6 Å². The monoisotopic (exact) mass is 307 g/mol. The van der Waals surface area contributed by atoms with Crippen molar-refractivity contribution in [2.45, 2.75) is 32.6 Å². The van der Waals surface area contributed by atoms with E-state index < -0.39 is 0 Å². The lowest BCUT2D eigenvalue weighted by Crippen LogP contribution is -2.44. The number of hydrogen-bond donors (Lipinski definition) is 0. The van der Waals surface area contributed by atoms with Crippen LogP contribution in [0.3, 0.4) is 0 Å². The molecule has 0 spiro atoms. The Balaban J connectivity index is 1.69. The molecule has 1 aromatic heterocycles. The topological polar surface area (TPSA) is 51.4 Å². The van der Waals surface area contributed by atoms with Crippen LogP contribution in [0, 0.1) is 0 Å². The van der Waals surface area contributed by atoms with Gasteiger partial charge in [-0.15, -0.1) is 10.2 Å². The van der Waals surface area contributed by atoms with Crippen LogP contribution in [-0.4, -0.2) is 40.4 Å². The fourth-order valence-electron chi connectivity index (χ4n) is 2.63. The average molecular weight is 308 g/mol. The molecular weight excluding hydrogens is 290 g/mol. The van der Waals surface area contributed by atoms with Gasteiger partial charge in [-0.25, -0.2) is 0 Å². The van der Waals surface area contributed by atoms with Gasteiger partial charge in [-0.1, -0.05) is 11.6 Å². The Hall–Kier alpha value is -1.43. The smallest absolute Gasteiger partial charge is 0.247 e. The van der Waals surface area contributed by atoms with Gasteiger partial charge >= 0.3 is 0 Å². The van der Waals surface area contributed by atoms with Gasteiger partial charge in [-0.3, -0.25) is 4.90 Å². The molecule has 2 heterocycles. The van der Waals surface area contributed by atoms with Crippen LogP contribution in [0.1, 0.15) is 19.7 Å². The number of benzene rings is 1. The van der Waals surface area contributed by atoms with Crippen molar-refractivity contribution < 1.29 is 9.15 Å². The minimum Gasteiger partial charge on any atom is -0.419 e. The summed E-state index contributed by atoms with van der Waals surface area (Å²) in [5.74, 6) is 1.15. The Morgan fingerprint density at radius 3 is 2.48 bits per heavy atom. The van der Waals surface area contributed by atoms with Gasteiger partial charge in [0.25, 0.3) is 0 Å². The van der Waals surface area contributed by atoms with Crippen LogP contribution in [0.4, 0.5) is 0 Å². The Labute approximate surface area is 128 Å². The Bertz CT molecular complexity index is 589. The fraction of sp³-hybridized carbons (Fsp3) is 0.467. The zero-order chi connectivity index (χ0) is 14.8. The molecule has 1 fully saturated rings. The van der Waals surface area contributed by atoms with Gasteiger partial charge in [0.05, 0.1) is 18.8 Å². The summed E-state index contributed by atoms with van der Waals surface area (Å²) in [6, 6.07) is 7.37. The van der Waals surface area contributed by atoms with E-state index in [9.17, 15) is 0 Å². The summed E-state index contributed by atoms with van der Waals surface area (Å²) >= 11 is 5.88. The third-order valence-electron chi connectivity index (χ3n) is 3.41. The first-order valence-corrected chi connectivity index (χ1v) is 7.44. The molecule has 5 nitrogen and oxygen atoms in total. The molecule has 1 aromatic carbocycles. The molecule has 6 heteroatoms. The predicted octanol–water partition coefficient (Wildman–Crippen LogP) is 3.00. The number of nitrogens with zero attached hydrogens (tertiary/aromatic N) is 3. The Morgan fingerprint density at radius 1 is 1.14 bits per heavy atom. The van der Waals surface area contributed by atoms with Crippen molar-refractivity contribution in [3.05, 3.63) is 35.2 Å². The molecular formula is C15H18ClN3O2. The highest BCUT2D eigenvalue weighted by atomic mass is 35.5. The number of ether oxygens (including phenoxy) is 1. The maximum absolute atomic E-state index is 5.88. The minimum absolute atomic E-state index is 0.229. The fourth-order valence-corrected chi connectivity index (χ4v) is 2.76. The molecule has 2 aromatic rings. The predicted molar refractivity (Wildman–Crippen MR) is 80.0 cm³/mol. The Morgan fingerprint density at radius 2 is 1.81 bits per heavy atom. The molecule has 1 aliphatic heterocycles. The third kappa shape index (κ3) is 3.61. The highest BCUT2D eigenvalue weighted by Gasteiger charge is 2.23. The minimum atomic E-state index is 0.229. The summed E-state index contributed by atoms with van der Waals surface area (Å²) in [4.78, 5) is 2.28. The maximum atomic E-state index is 5.88. The van der Waals surface area contributed by atoms with E-state index in [1.54, 1.807) is 0 Å². The van der Waals surface area contributed by atoms with Crippen LogP contribution >= 0.6 is 11.6 Å². The first-order valence-electron chi connectivity index (χ1n) is 7.06. The van der Waals surface area contributed by atoms with Gasteiger partial charge in [0.1, 0.15) is 0 Å². The summed E-state index contributed by atoms with van der Waals surface area (Å²) in [7, 11) is 0. The first kappa shape index (κ1) is 14.5. The van der Waals surface area contributed by atoms with E-state index in [0.717, 1.165) is 18.7 Å². The highest BCUT2D eigenvalue weighted by Crippen LogP contribution is 2.21. The van der Waals surface area contributed by atoms with Gasteiger partial charge in [-0.2, -0.15) is 0 Å². The molecule has 2 unspecified atom stereocenters. The average Bonchev–Trinajstić information content (AvgIpc) is 2.87. The van der Waals surface area contributed by atoms with Crippen molar-refractivity contribution in [2.75, 3.05) is 13.1 Å². The molecule has 112 valence electrons. The molecule has 1 aliphatic rings. The van der Waals surface area contributed by atoms with E-state index >= 15 is 0 Å². The van der Waals surface area contributed by atoms with Gasteiger partial charge in [-0.05, 0) is 38.1 Å². The lowest BCUT2D eigenvalue weighted by Gasteiger charge is -2.34. The number of morpholine rings is 1. The van der Waals surface area contributed by atoms with Crippen LogP contribution in [0.25, 0.3) is 11.5 Å². The van der Waals surface area contributed by atoms with Crippen molar-refractivity contribution in [3.8, 4) is 11.5 Å². The van der Waals surface area contributed by atoms with E-state index in [-0.39, 0.29) is 12.2 Å². The third-order valence-corrected chi connectivity index (χ3v) is 3.66. The van der Waals surface area contributed by atoms with Crippen LogP contribution in [-0.2, 0) is 11.3 Å². The van der Waals surface area contributed by atoms with Crippen LogP contribution in [0.5, 0.6) is 0 Å². The first-order chi connectivity index (χ1) is 10.1. The number of halogens is 1. The van der Waals surface area contributed by atoms with E-state index in [2.05, 4.69) is 28.9 Å². The summed E-state index contributed by atoms with van der Waals surface area (Å²) in [5.41, 5.74) is 0.877. The lowest BCUT2D eigenvalue weighted by atomic mass is 10.2. The van der Waals surface area contributed by atoms with Gasteiger partial charge in [0, 0.05) is 23.7 Å². The zero-order valence-electron chi connectivity index (χ0n) is 12.1. The van der Waals surface area contributed by atoms with Crippen LogP contribution in [0.2, 0.25) is 5.02 Å². The summed E-state index contributed by atoms with van der Waals surface area (Å²) in [6.45, 7) is 6.57. The van der Waals surface area contributed by atoms with Crippen molar-refractivity contribution in [1.82, 2.24) is 15.1 Å². The number of rotatable bonds is 3. The standard InChI is InChI=1S/C15H18ClN3O2/c1-10-7-19(8-11(2)20-10)9-14-17-18-15(21-14)12-3-5-13(16)6-4-12/h3-6,10-11H,7-9H2,1-2H3. The molecule has 1 saturated heterocycles. The Kier molecular flexibility index (Phi) is 4.24. The molecule has 0 saturated carbocycles. The van der Waals surface area contributed by atoms with E-state index in [0.29, 0.717) is 23.3 Å². The molecule has 0 aliphatic carbocycles. The zero-order valence-corrected chi connectivity index (χ0v) is 12.9. The van der Waals surface area contributed by atoms with Gasteiger partial charge in [0.2, 0.25) is 11.8 Å². The molecule has 0 N–H and O–H groups in total. The number of aromatic nitrogens is 2. The summed E-state index contributed by atoms with van der Waals surface area (Å²) < 4.78 is 11.5. The second-order valence-corrected chi connectivity index (χ2v) is 5.90. The van der Waals surface area contributed by atoms with E-state index in [1.165, 1.54) is 0 Å². The normalized spacial score (nSPS) is 23.4. The molecule has 0 amide bonds. The molecule has 21 heavy (non-hydrogen) atoms. The molecule has 0 radical (unpaired) electrons. The van der Waals surface area contributed by atoms with E-state index in [1.807, 2.05) is 24.3 Å². The van der Waals surface area contributed by atoms with Gasteiger partial charge in [0.15, 0.2) is 0 Å².